The van der Waals surface area contributed by atoms with Crippen molar-refractivity contribution < 1.29 is 4.74 Å². The maximum atomic E-state index is 5.24. The van der Waals surface area contributed by atoms with E-state index in [9.17, 15) is 0 Å². The standard InChI is InChI=1S/C25H36N6O/c1-28(22-8-3-6-20-7-5-11-26-25(20)22)18-21-19-31-23(27-21)9-4-10-24(31)30-14-12-29(13-15-30)16-17-32-2/h4-5,7,9-11,21-22H,3,6,8,12-19H2,1-2H3. The lowest BCUT2D eigenvalue weighted by Gasteiger charge is -2.41. The number of likely N-dealkylation sites (N-methyl/N-ethyl adjacent to an activating group) is 1. The lowest BCUT2D eigenvalue weighted by molar-refractivity contribution is 0.101. The smallest absolute Gasteiger partial charge is 0.129 e. The lowest BCUT2D eigenvalue weighted by Crippen LogP contribution is -2.50. The molecule has 7 heteroatoms. The van der Waals surface area contributed by atoms with Crippen molar-refractivity contribution in [2.45, 2.75) is 31.3 Å². The molecule has 2 unspecified atom stereocenters. The van der Waals surface area contributed by atoms with Gasteiger partial charge >= 0.3 is 0 Å². The average Bonchev–Trinajstić information content (AvgIpc) is 3.25. The fourth-order valence-electron chi connectivity index (χ4n) is 5.53. The Morgan fingerprint density at radius 2 is 2.09 bits per heavy atom. The SMILES string of the molecule is COCCN1CCN(C2=CC=CC3=NC(CN(C)C4CCCc5cccnc54)CN23)CC1. The first-order chi connectivity index (χ1) is 15.7. The van der Waals surface area contributed by atoms with Gasteiger partial charge < -0.3 is 14.5 Å². The summed E-state index contributed by atoms with van der Waals surface area (Å²) in [4.78, 5) is 19.8. The summed E-state index contributed by atoms with van der Waals surface area (Å²) in [6.45, 7) is 8.05. The Balaban J connectivity index is 1.20. The number of hydrogen-bond donors (Lipinski definition) is 0. The fourth-order valence-corrected chi connectivity index (χ4v) is 5.53. The van der Waals surface area contributed by atoms with Gasteiger partial charge in [0.15, 0.2) is 0 Å². The maximum Gasteiger partial charge on any atom is 0.129 e. The predicted molar refractivity (Wildman–Crippen MR) is 128 cm³/mol. The summed E-state index contributed by atoms with van der Waals surface area (Å²) >= 11 is 0. The highest BCUT2D eigenvalue weighted by Gasteiger charge is 2.33. The number of aliphatic imine (C=N–C) groups is 1. The topological polar surface area (TPSA) is 47.4 Å². The normalized spacial score (nSPS) is 25.6. The van der Waals surface area contributed by atoms with Gasteiger partial charge in [-0.1, -0.05) is 12.1 Å². The maximum absolute atomic E-state index is 5.24. The van der Waals surface area contributed by atoms with E-state index in [4.69, 9.17) is 14.7 Å². The molecule has 7 nitrogen and oxygen atoms in total. The van der Waals surface area contributed by atoms with Crippen molar-refractivity contribution >= 4 is 5.84 Å². The molecule has 2 atom stereocenters. The summed E-state index contributed by atoms with van der Waals surface area (Å²) in [5.74, 6) is 2.43. The number of piperazine rings is 1. The quantitative estimate of drug-likeness (QED) is 0.653. The van der Waals surface area contributed by atoms with E-state index in [0.717, 1.165) is 64.7 Å². The molecule has 1 fully saturated rings. The Morgan fingerprint density at radius 3 is 2.94 bits per heavy atom. The number of hydrogen-bond acceptors (Lipinski definition) is 7. The Morgan fingerprint density at radius 1 is 1.22 bits per heavy atom. The van der Waals surface area contributed by atoms with Gasteiger partial charge in [-0.15, -0.1) is 0 Å². The molecule has 4 heterocycles. The van der Waals surface area contributed by atoms with Gasteiger partial charge in [-0.05, 0) is 50.1 Å². The third kappa shape index (κ3) is 4.47. The van der Waals surface area contributed by atoms with Gasteiger partial charge in [0.05, 0.1) is 24.4 Å². The summed E-state index contributed by atoms with van der Waals surface area (Å²) < 4.78 is 5.24. The van der Waals surface area contributed by atoms with E-state index in [1.165, 1.54) is 29.9 Å². The molecule has 0 aromatic carbocycles. The number of pyridine rings is 1. The van der Waals surface area contributed by atoms with E-state index < -0.39 is 0 Å². The molecule has 3 aliphatic heterocycles. The van der Waals surface area contributed by atoms with Crippen LogP contribution in [0.5, 0.6) is 0 Å². The monoisotopic (exact) mass is 436 g/mol. The van der Waals surface area contributed by atoms with E-state index in [1.54, 1.807) is 7.11 Å². The van der Waals surface area contributed by atoms with Crippen LogP contribution in [-0.2, 0) is 11.2 Å². The molecule has 0 N–H and O–H groups in total. The molecule has 1 aliphatic carbocycles. The first-order valence-corrected chi connectivity index (χ1v) is 12.1. The van der Waals surface area contributed by atoms with E-state index in [0.29, 0.717) is 12.1 Å². The number of fused-ring (bicyclic) bond motifs is 2. The minimum absolute atomic E-state index is 0.290. The van der Waals surface area contributed by atoms with Crippen LogP contribution in [0.3, 0.4) is 0 Å². The molecule has 0 bridgehead atoms. The first-order valence-electron chi connectivity index (χ1n) is 12.1. The van der Waals surface area contributed by atoms with Crippen LogP contribution in [-0.4, -0.2) is 103 Å². The summed E-state index contributed by atoms with van der Waals surface area (Å²) in [5.41, 5.74) is 2.69. The highest BCUT2D eigenvalue weighted by molar-refractivity contribution is 5.96. The van der Waals surface area contributed by atoms with Gasteiger partial charge in [0.2, 0.25) is 0 Å². The molecule has 0 spiro atoms. The van der Waals surface area contributed by atoms with Crippen molar-refractivity contribution in [3.8, 4) is 0 Å². The number of aryl methyl sites for hydroxylation is 1. The molecule has 1 aromatic heterocycles. The number of methoxy groups -OCH3 is 1. The second-order valence-electron chi connectivity index (χ2n) is 9.35. The lowest BCUT2D eigenvalue weighted by atomic mass is 9.91. The van der Waals surface area contributed by atoms with Crippen molar-refractivity contribution in [2.75, 3.05) is 66.6 Å². The van der Waals surface area contributed by atoms with Gasteiger partial charge in [0, 0.05) is 59.1 Å². The molecular weight excluding hydrogens is 400 g/mol. The van der Waals surface area contributed by atoms with Crippen LogP contribution in [0.2, 0.25) is 0 Å². The first kappa shape index (κ1) is 21.6. The number of ether oxygens (including phenoxy) is 1. The molecule has 0 radical (unpaired) electrons. The molecule has 0 saturated carbocycles. The van der Waals surface area contributed by atoms with Crippen molar-refractivity contribution in [1.29, 1.82) is 0 Å². The number of amidine groups is 1. The van der Waals surface area contributed by atoms with Gasteiger partial charge in [-0.3, -0.25) is 19.8 Å². The summed E-state index contributed by atoms with van der Waals surface area (Å²) in [7, 11) is 4.03. The highest BCUT2D eigenvalue weighted by atomic mass is 16.5. The Kier molecular flexibility index (Phi) is 6.57. The Labute approximate surface area is 192 Å². The zero-order valence-corrected chi connectivity index (χ0v) is 19.5. The van der Waals surface area contributed by atoms with Crippen molar-refractivity contribution in [3.63, 3.8) is 0 Å². The summed E-state index contributed by atoms with van der Waals surface area (Å²) in [6, 6.07) is 5.01. The zero-order valence-electron chi connectivity index (χ0n) is 19.5. The third-order valence-corrected chi connectivity index (χ3v) is 7.26. The predicted octanol–water partition coefficient (Wildman–Crippen LogP) is 2.15. The second kappa shape index (κ2) is 9.73. The molecule has 5 rings (SSSR count). The van der Waals surface area contributed by atoms with Crippen molar-refractivity contribution in [2.24, 2.45) is 4.99 Å². The van der Waals surface area contributed by atoms with Crippen molar-refractivity contribution in [3.05, 3.63) is 53.6 Å². The van der Waals surface area contributed by atoms with Gasteiger partial charge in [-0.25, -0.2) is 0 Å². The Hall–Kier alpha value is -2.22. The van der Waals surface area contributed by atoms with Gasteiger partial charge in [0.25, 0.3) is 0 Å². The van der Waals surface area contributed by atoms with Crippen LogP contribution in [0.15, 0.2) is 47.4 Å². The molecule has 32 heavy (non-hydrogen) atoms. The van der Waals surface area contributed by atoms with E-state index in [2.05, 4.69) is 57.0 Å². The molecule has 4 aliphatic rings. The Bertz CT molecular complexity index is 888. The molecule has 1 aromatic rings. The largest absolute Gasteiger partial charge is 0.383 e. The number of nitrogens with zero attached hydrogens (tertiary/aromatic N) is 6. The third-order valence-electron chi connectivity index (χ3n) is 7.26. The summed E-state index contributed by atoms with van der Waals surface area (Å²) in [5, 5.41) is 0. The second-order valence-corrected chi connectivity index (χ2v) is 9.35. The molecular formula is C25H36N6O. The zero-order chi connectivity index (χ0) is 21.9. The molecule has 1 saturated heterocycles. The van der Waals surface area contributed by atoms with Crippen LogP contribution in [0, 0.1) is 0 Å². The van der Waals surface area contributed by atoms with E-state index in [-0.39, 0.29) is 0 Å². The van der Waals surface area contributed by atoms with E-state index in [1.807, 2.05) is 6.20 Å². The van der Waals surface area contributed by atoms with Crippen LogP contribution in [0.4, 0.5) is 0 Å². The number of aromatic nitrogens is 1. The molecule has 0 amide bonds. The highest BCUT2D eigenvalue weighted by Crippen LogP contribution is 2.33. The van der Waals surface area contributed by atoms with Crippen LogP contribution < -0.4 is 0 Å². The summed E-state index contributed by atoms with van der Waals surface area (Å²) in [6.07, 6.45) is 12.1. The van der Waals surface area contributed by atoms with Crippen molar-refractivity contribution in [1.82, 2.24) is 24.6 Å². The average molecular weight is 437 g/mol. The number of allylic oxidation sites excluding steroid dienone is 2. The fraction of sp³-hybridized carbons (Fsp3) is 0.600. The van der Waals surface area contributed by atoms with Gasteiger partial charge in [0.1, 0.15) is 11.7 Å². The van der Waals surface area contributed by atoms with E-state index >= 15 is 0 Å². The molecule has 172 valence electrons. The van der Waals surface area contributed by atoms with Gasteiger partial charge in [-0.2, -0.15) is 0 Å². The van der Waals surface area contributed by atoms with Crippen LogP contribution >= 0.6 is 0 Å². The minimum atomic E-state index is 0.290. The minimum Gasteiger partial charge on any atom is -0.383 e. The van der Waals surface area contributed by atoms with Crippen LogP contribution in [0.25, 0.3) is 0 Å². The van der Waals surface area contributed by atoms with Crippen LogP contribution in [0.1, 0.15) is 30.1 Å². The number of rotatable bonds is 7.